The lowest BCUT2D eigenvalue weighted by Crippen LogP contribution is -2.36. The Bertz CT molecular complexity index is 221. The fourth-order valence-corrected chi connectivity index (χ4v) is 1.75. The fourth-order valence-electron chi connectivity index (χ4n) is 1.50. The molecule has 4 heteroatoms. The average Bonchev–Trinajstić information content (AvgIpc) is 2.41. The lowest BCUT2D eigenvalue weighted by atomic mass is 10.1. The van der Waals surface area contributed by atoms with Gasteiger partial charge in [-0.1, -0.05) is 12.2 Å². The Balaban J connectivity index is 2.30. The van der Waals surface area contributed by atoms with Crippen LogP contribution in [0.25, 0.3) is 0 Å². The van der Waals surface area contributed by atoms with Gasteiger partial charge < -0.3 is 5.73 Å². The molecule has 0 saturated heterocycles. The standard InChI is InChI=1S/C6H9N3S/c7-5-4-2-1-3-9(4)8-6(5)10/h5H,1-3,7H2/p+1. The number of hydrogen-bond acceptors (Lipinski definition) is 2. The van der Waals surface area contributed by atoms with Gasteiger partial charge in [0.1, 0.15) is 6.04 Å². The molecular formula is C6H10N3S+. The zero-order valence-corrected chi connectivity index (χ0v) is 6.45. The van der Waals surface area contributed by atoms with Gasteiger partial charge in [0.25, 0.3) is 0 Å². The van der Waals surface area contributed by atoms with Crippen molar-refractivity contribution in [2.45, 2.75) is 18.9 Å². The molecule has 0 aliphatic carbocycles. The van der Waals surface area contributed by atoms with Gasteiger partial charge in [-0.3, -0.25) is 0 Å². The summed E-state index contributed by atoms with van der Waals surface area (Å²) in [5.74, 6) is 0. The van der Waals surface area contributed by atoms with E-state index in [0.29, 0.717) is 0 Å². The Hall–Kier alpha value is -0.480. The van der Waals surface area contributed by atoms with E-state index in [4.69, 9.17) is 18.0 Å². The number of hydrogen-bond donors (Lipinski definition) is 2. The molecule has 0 amide bonds. The predicted molar refractivity (Wildman–Crippen MR) is 43.1 cm³/mol. The molecule has 10 heavy (non-hydrogen) atoms. The molecule has 1 unspecified atom stereocenters. The van der Waals surface area contributed by atoms with Crippen molar-refractivity contribution in [3.63, 3.8) is 0 Å². The number of nitrogens with zero attached hydrogens (tertiary/aromatic N) is 1. The van der Waals surface area contributed by atoms with Gasteiger partial charge >= 0.3 is 0 Å². The zero-order chi connectivity index (χ0) is 7.14. The molecule has 0 saturated carbocycles. The van der Waals surface area contributed by atoms with E-state index in [1.54, 1.807) is 0 Å². The second-order valence-electron chi connectivity index (χ2n) is 2.70. The Morgan fingerprint density at radius 1 is 1.70 bits per heavy atom. The van der Waals surface area contributed by atoms with Crippen LogP contribution in [0.3, 0.4) is 0 Å². The minimum Gasteiger partial charge on any atom is -0.313 e. The van der Waals surface area contributed by atoms with Crippen LogP contribution in [0, 0.1) is 0 Å². The number of hydrazine groups is 1. The molecule has 2 aliphatic rings. The highest BCUT2D eigenvalue weighted by molar-refractivity contribution is 7.80. The summed E-state index contributed by atoms with van der Waals surface area (Å²) in [5.41, 5.74) is 10.1. The molecular weight excluding hydrogens is 146 g/mol. The summed E-state index contributed by atoms with van der Waals surface area (Å²) >= 11 is 5.00. The minimum absolute atomic E-state index is 0.00231. The van der Waals surface area contributed by atoms with Crippen molar-refractivity contribution < 1.29 is 4.68 Å². The third-order valence-electron chi connectivity index (χ3n) is 2.05. The molecule has 1 atom stereocenters. The van der Waals surface area contributed by atoms with Crippen LogP contribution >= 0.6 is 12.2 Å². The third kappa shape index (κ3) is 0.690. The Morgan fingerprint density at radius 2 is 2.50 bits per heavy atom. The molecule has 2 aliphatic heterocycles. The second kappa shape index (κ2) is 2.00. The van der Waals surface area contributed by atoms with Gasteiger partial charge in [-0.25, -0.2) is 0 Å². The molecule has 2 rings (SSSR count). The van der Waals surface area contributed by atoms with E-state index in [1.165, 1.54) is 12.1 Å². The van der Waals surface area contributed by atoms with Crippen molar-refractivity contribution in [1.82, 2.24) is 5.43 Å². The van der Waals surface area contributed by atoms with Gasteiger partial charge in [0, 0.05) is 12.8 Å². The van der Waals surface area contributed by atoms with E-state index in [-0.39, 0.29) is 6.04 Å². The number of rotatable bonds is 0. The monoisotopic (exact) mass is 156 g/mol. The average molecular weight is 156 g/mol. The molecule has 0 fully saturated rings. The SMILES string of the molecule is NC1C(=S)N[N+]2=C1CCC2. The summed E-state index contributed by atoms with van der Waals surface area (Å²) in [5, 5.41) is 0. The summed E-state index contributed by atoms with van der Waals surface area (Å²) in [6.07, 6.45) is 2.31. The van der Waals surface area contributed by atoms with Gasteiger partial charge in [0.2, 0.25) is 5.71 Å². The maximum atomic E-state index is 5.78. The van der Waals surface area contributed by atoms with Gasteiger partial charge in [0.05, 0.1) is 0 Å². The first-order chi connectivity index (χ1) is 4.79. The maximum Gasteiger partial charge on any atom is 0.206 e. The van der Waals surface area contributed by atoms with Gasteiger partial charge in [-0.15, -0.1) is 4.68 Å². The summed E-state index contributed by atoms with van der Waals surface area (Å²) in [4.78, 5) is 0.773. The summed E-state index contributed by atoms with van der Waals surface area (Å²) in [6, 6.07) is -0.00231. The molecule has 0 aromatic rings. The van der Waals surface area contributed by atoms with Gasteiger partial charge in [-0.2, -0.15) is 5.43 Å². The smallest absolute Gasteiger partial charge is 0.206 e. The van der Waals surface area contributed by atoms with Crippen LogP contribution < -0.4 is 11.2 Å². The highest BCUT2D eigenvalue weighted by atomic mass is 32.1. The Labute approximate surface area is 64.9 Å². The van der Waals surface area contributed by atoms with Crippen molar-refractivity contribution in [1.29, 1.82) is 0 Å². The van der Waals surface area contributed by atoms with Crippen LogP contribution in [-0.4, -0.2) is 28.0 Å². The van der Waals surface area contributed by atoms with E-state index >= 15 is 0 Å². The van der Waals surface area contributed by atoms with Gasteiger partial charge in [-0.05, 0) is 0 Å². The van der Waals surface area contributed by atoms with Crippen LogP contribution in [-0.2, 0) is 0 Å². The van der Waals surface area contributed by atoms with Crippen LogP contribution in [0.4, 0.5) is 0 Å². The van der Waals surface area contributed by atoms with Crippen molar-refractivity contribution in [2.24, 2.45) is 5.73 Å². The highest BCUT2D eigenvalue weighted by Gasteiger charge is 2.38. The first kappa shape index (κ1) is 6.24. The van der Waals surface area contributed by atoms with E-state index in [0.717, 1.165) is 18.0 Å². The number of thiocarbonyl (C=S) groups is 1. The molecule has 3 N–H and O–H groups in total. The normalized spacial score (nSPS) is 30.9. The molecule has 0 aromatic carbocycles. The molecule has 2 heterocycles. The van der Waals surface area contributed by atoms with Gasteiger partial charge in [0.15, 0.2) is 11.5 Å². The molecule has 0 bridgehead atoms. The lowest BCUT2D eigenvalue weighted by Gasteiger charge is -1.96. The predicted octanol–water partition coefficient (Wildman–Crippen LogP) is -0.593. The quantitative estimate of drug-likeness (QED) is 0.364. The third-order valence-corrected chi connectivity index (χ3v) is 2.39. The van der Waals surface area contributed by atoms with E-state index in [9.17, 15) is 0 Å². The highest BCUT2D eigenvalue weighted by Crippen LogP contribution is 2.10. The molecule has 0 radical (unpaired) electrons. The van der Waals surface area contributed by atoms with Crippen LogP contribution in [0.15, 0.2) is 0 Å². The van der Waals surface area contributed by atoms with Crippen LogP contribution in [0.5, 0.6) is 0 Å². The summed E-state index contributed by atoms with van der Waals surface area (Å²) < 4.78 is 2.08. The number of nitrogens with two attached hydrogens (primary N) is 1. The first-order valence-corrected chi connectivity index (χ1v) is 3.89. The van der Waals surface area contributed by atoms with Crippen molar-refractivity contribution in [2.75, 3.05) is 6.54 Å². The number of hydrazone groups is 1. The molecule has 0 aromatic heterocycles. The van der Waals surface area contributed by atoms with E-state index < -0.39 is 0 Å². The molecule has 54 valence electrons. The van der Waals surface area contributed by atoms with E-state index in [2.05, 4.69) is 10.1 Å². The van der Waals surface area contributed by atoms with Crippen LogP contribution in [0.1, 0.15) is 12.8 Å². The topological polar surface area (TPSA) is 41.1 Å². The molecule has 0 spiro atoms. The zero-order valence-electron chi connectivity index (χ0n) is 5.63. The van der Waals surface area contributed by atoms with E-state index in [1.807, 2.05) is 0 Å². The van der Waals surface area contributed by atoms with Crippen molar-refractivity contribution in [3.05, 3.63) is 0 Å². The Morgan fingerprint density at radius 3 is 3.20 bits per heavy atom. The maximum absolute atomic E-state index is 5.78. The lowest BCUT2D eigenvalue weighted by molar-refractivity contribution is -0.558. The minimum atomic E-state index is -0.00231. The summed E-state index contributed by atoms with van der Waals surface area (Å²) in [7, 11) is 0. The largest absolute Gasteiger partial charge is 0.313 e. The Kier molecular flexibility index (Phi) is 1.25. The second-order valence-corrected chi connectivity index (χ2v) is 3.14. The fraction of sp³-hybridized carbons (Fsp3) is 0.667. The van der Waals surface area contributed by atoms with Crippen molar-refractivity contribution in [3.8, 4) is 0 Å². The molecule has 3 nitrogen and oxygen atoms in total. The van der Waals surface area contributed by atoms with Crippen molar-refractivity contribution >= 4 is 22.9 Å². The summed E-state index contributed by atoms with van der Waals surface area (Å²) in [6.45, 7) is 1.06. The first-order valence-electron chi connectivity index (χ1n) is 3.48. The van der Waals surface area contributed by atoms with Crippen LogP contribution in [0.2, 0.25) is 0 Å². The number of nitrogens with one attached hydrogen (secondary N) is 1.